The van der Waals surface area contributed by atoms with Crippen LogP contribution in [0.2, 0.25) is 0 Å². The average molecular weight is 110 g/mol. The van der Waals surface area contributed by atoms with Gasteiger partial charge in [0.15, 0.2) is 0 Å². The maximum absolute atomic E-state index is 8.49. The van der Waals surface area contributed by atoms with Crippen molar-refractivity contribution in [2.75, 3.05) is 0 Å². The van der Waals surface area contributed by atoms with Gasteiger partial charge in [0, 0.05) is 1.43 Å². The van der Waals surface area contributed by atoms with Crippen LogP contribution < -0.4 is 0 Å². The topological polar surface area (TPSA) is 68.8 Å². The predicted octanol–water partition coefficient (Wildman–Crippen LogP) is -1.26. The van der Waals surface area contributed by atoms with E-state index >= 15 is 0 Å². The summed E-state index contributed by atoms with van der Waals surface area (Å²) in [6.45, 7) is 0. The van der Waals surface area contributed by atoms with Crippen molar-refractivity contribution in [3.8, 4) is 0 Å². The number of rotatable bonds is 0. The van der Waals surface area contributed by atoms with E-state index in [-0.39, 0.29) is 6.90 Å². The molecule has 0 aliphatic rings. The first-order valence-corrected chi connectivity index (χ1v) is 1.25. The Morgan fingerprint density at radius 2 is 2.00 bits per heavy atom. The third-order valence-corrected chi connectivity index (χ3v) is 0. The van der Waals surface area contributed by atoms with E-state index in [4.69, 9.17) is 8.02 Å². The molecule has 0 amide bonds. The molecule has 0 aromatic carbocycles. The molecule has 0 radical (unpaired) electrons. The van der Waals surface area contributed by atoms with Crippen molar-refractivity contribution in [3.63, 3.8) is 0 Å². The molecule has 0 fully saturated rings. The molecule has 0 rings (SSSR count). The molecule has 3 N–H and O–H groups in total. The Hall–Kier alpha value is 0.239. The van der Waals surface area contributed by atoms with Crippen LogP contribution in [-0.4, -0.2) is 9.67 Å². The van der Waals surface area contributed by atoms with Crippen molar-refractivity contribution in [1.29, 1.82) is 0 Å². The van der Waals surface area contributed by atoms with Gasteiger partial charge in [-0.1, -0.05) is 0 Å². The van der Waals surface area contributed by atoms with Crippen molar-refractivity contribution in [3.05, 3.63) is 0 Å². The van der Waals surface area contributed by atoms with E-state index in [2.05, 4.69) is 0 Å². The SMILES string of the molecule is O.[2HH].[O]=[Fe][OH]. The van der Waals surface area contributed by atoms with Crippen LogP contribution in [0.5, 0.6) is 0 Å². The minimum atomic E-state index is -1.00. The van der Waals surface area contributed by atoms with Gasteiger partial charge < -0.3 is 5.48 Å². The van der Waals surface area contributed by atoms with Crippen LogP contribution in [0.1, 0.15) is 1.43 Å². The quantitative estimate of drug-likeness (QED) is 0.395. The van der Waals surface area contributed by atoms with Gasteiger partial charge in [-0.25, -0.2) is 0 Å². The number of hydrogen-bond donors (Lipinski definition) is 1. The zero-order valence-corrected chi connectivity index (χ0v) is 2.81. The van der Waals surface area contributed by atoms with Crippen LogP contribution >= 0.6 is 0 Å². The summed E-state index contributed by atoms with van der Waals surface area (Å²) in [7, 11) is 0. The Labute approximate surface area is 31.1 Å². The Morgan fingerprint density at radius 3 is 2.00 bits per heavy atom. The summed E-state index contributed by atoms with van der Waals surface area (Å²) >= 11 is -1.00. The van der Waals surface area contributed by atoms with Gasteiger partial charge in [0.1, 0.15) is 0 Å². The monoisotopic (exact) mass is 110 g/mol. The Morgan fingerprint density at radius 1 is 2.00 bits per heavy atom. The van der Waals surface area contributed by atoms with E-state index in [0.29, 0.717) is 0 Å². The molecule has 0 aromatic rings. The van der Waals surface area contributed by atoms with E-state index in [0.717, 1.165) is 0 Å². The molecule has 0 heterocycles. The molecule has 0 aliphatic carbocycles. The van der Waals surface area contributed by atoms with E-state index in [9.17, 15) is 0 Å². The molecule has 0 aromatic heterocycles. The third kappa shape index (κ3) is 60.0. The van der Waals surface area contributed by atoms with E-state index in [1.807, 2.05) is 0 Å². The van der Waals surface area contributed by atoms with E-state index in [1.54, 1.807) is 0 Å². The van der Waals surface area contributed by atoms with Crippen molar-refractivity contribution < 1.29 is 30.1 Å². The van der Waals surface area contributed by atoms with Crippen molar-refractivity contribution in [2.24, 2.45) is 0 Å². The van der Waals surface area contributed by atoms with Gasteiger partial charge in [0.05, 0.1) is 0 Å². The molecular weight excluding hydrogens is 104 g/mol. The van der Waals surface area contributed by atoms with Crippen LogP contribution in [-0.2, 0) is 19.1 Å². The number of hydrogen-bond acceptors (Lipinski definition) is 1. The fourth-order valence-corrected chi connectivity index (χ4v) is 0. The fourth-order valence-electron chi connectivity index (χ4n) is 0. The van der Waals surface area contributed by atoms with Gasteiger partial charge in [-0.05, 0) is 0 Å². The first-order chi connectivity index (χ1) is 1.41. The third-order valence-electron chi connectivity index (χ3n) is 0. The molecule has 0 atom stereocenters. The summed E-state index contributed by atoms with van der Waals surface area (Å²) in [4.78, 5) is 0. The van der Waals surface area contributed by atoms with Crippen molar-refractivity contribution in [2.45, 2.75) is 0 Å². The normalized spacial score (nSPS) is 4.25. The summed E-state index contributed by atoms with van der Waals surface area (Å²) in [6.07, 6.45) is 0. The van der Waals surface area contributed by atoms with Crippen LogP contribution in [0, 0.1) is 0 Å². The molecule has 4 heteroatoms. The van der Waals surface area contributed by atoms with Crippen molar-refractivity contribution >= 4 is 0 Å². The van der Waals surface area contributed by atoms with E-state index in [1.165, 1.54) is 0 Å². The minimum absolute atomic E-state index is 0. The van der Waals surface area contributed by atoms with Gasteiger partial charge in [-0.15, -0.1) is 0 Å². The molecule has 0 aliphatic heterocycles. The maximum atomic E-state index is 8.49. The molecule has 0 saturated heterocycles. The average Bonchev–Trinajstić information content (AvgIpc) is 0.918. The summed E-state index contributed by atoms with van der Waals surface area (Å²) < 4.78 is 15.5. The molecule has 0 unspecified atom stereocenters. The van der Waals surface area contributed by atoms with Gasteiger partial charge in [0.2, 0.25) is 0 Å². The Balaban J connectivity index is -0.0000000200. The summed E-state index contributed by atoms with van der Waals surface area (Å²) in [5.41, 5.74) is 0. The molecular formula is H5FeO3. The second-order valence-electron chi connectivity index (χ2n) is 0.0645. The molecule has 0 saturated carbocycles. The zero-order valence-electron chi connectivity index (χ0n) is 1.71. The van der Waals surface area contributed by atoms with Gasteiger partial charge in [-0.3, -0.25) is 0 Å². The molecule has 4 heavy (non-hydrogen) atoms. The standard InChI is InChI=1S/Fe.2H2O.O.H2/h;2*1H2;;1H/q+1;;;;/p-1/i;;;;1+1. The Kier molecular flexibility index (Phi) is 23.5. The fraction of sp³-hybridized carbons (Fsp3) is 0. The van der Waals surface area contributed by atoms with Crippen molar-refractivity contribution in [1.82, 2.24) is 0 Å². The second-order valence-corrected chi connectivity index (χ2v) is 0.266. The molecule has 0 spiro atoms. The van der Waals surface area contributed by atoms with Crippen LogP contribution in [0.3, 0.4) is 0 Å². The van der Waals surface area contributed by atoms with Crippen LogP contribution in [0.4, 0.5) is 0 Å². The van der Waals surface area contributed by atoms with Gasteiger partial charge >= 0.3 is 23.2 Å². The molecule has 3 nitrogen and oxygen atoms in total. The van der Waals surface area contributed by atoms with Crippen LogP contribution in [0.25, 0.3) is 0 Å². The predicted molar refractivity (Wildman–Crippen MR) is 8.63 cm³/mol. The second kappa shape index (κ2) is 10.6. The zero-order chi connectivity index (χ0) is 2.71. The van der Waals surface area contributed by atoms with Gasteiger partial charge in [-0.2, -0.15) is 0 Å². The van der Waals surface area contributed by atoms with Gasteiger partial charge in [0.25, 0.3) is 0 Å². The van der Waals surface area contributed by atoms with E-state index < -0.39 is 15.2 Å². The molecule has 0 bridgehead atoms. The Bertz CT molecular complexity index is 14.4. The molecule has 31 valence electrons. The summed E-state index contributed by atoms with van der Waals surface area (Å²) in [6, 6.07) is 0. The first kappa shape index (κ1) is 8.87. The first-order valence-electron chi connectivity index (χ1n) is 0.302. The summed E-state index contributed by atoms with van der Waals surface area (Å²) in [5.74, 6) is 0. The summed E-state index contributed by atoms with van der Waals surface area (Å²) in [5, 5.41) is 0. The van der Waals surface area contributed by atoms with Crippen LogP contribution in [0.15, 0.2) is 0 Å².